The summed E-state index contributed by atoms with van der Waals surface area (Å²) >= 11 is 3.47. The molecule has 4 aromatic rings. The number of hydrogen-bond acceptors (Lipinski definition) is 3. The van der Waals surface area contributed by atoms with Gasteiger partial charge in [0.15, 0.2) is 0 Å². The Morgan fingerprint density at radius 2 is 1.73 bits per heavy atom. The predicted molar refractivity (Wildman–Crippen MR) is 135 cm³/mol. The van der Waals surface area contributed by atoms with Crippen LogP contribution in [0.2, 0.25) is 0 Å². The second-order valence-electron chi connectivity index (χ2n) is 8.56. The third-order valence-corrected chi connectivity index (χ3v) is 6.81. The Kier molecular flexibility index (Phi) is 5.94. The fourth-order valence-electron chi connectivity index (χ4n) is 4.66. The number of imidazole rings is 1. The maximum absolute atomic E-state index is 12.9. The molecule has 1 aliphatic heterocycles. The lowest BCUT2D eigenvalue weighted by molar-refractivity contribution is -0.117. The van der Waals surface area contributed by atoms with E-state index in [9.17, 15) is 4.79 Å². The van der Waals surface area contributed by atoms with Gasteiger partial charge in [0.2, 0.25) is 5.91 Å². The van der Waals surface area contributed by atoms with E-state index in [2.05, 4.69) is 52.5 Å². The van der Waals surface area contributed by atoms with E-state index in [1.54, 1.807) is 0 Å². The Balaban J connectivity index is 1.41. The summed E-state index contributed by atoms with van der Waals surface area (Å²) in [6.45, 7) is 5.98. The standard InChI is InChI=1S/C27H26BrN3O2/c1-18-6-5-7-19(2)26(18)33-15-14-30-24-9-4-3-8-23(24)29-27(30)20-16-25(32)31(17-20)22-12-10-21(28)11-13-22/h3-13,20H,14-17H2,1-2H3. The zero-order chi connectivity index (χ0) is 22.9. The molecule has 0 radical (unpaired) electrons. The van der Waals surface area contributed by atoms with Gasteiger partial charge in [-0.05, 0) is 61.4 Å². The van der Waals surface area contributed by atoms with Crippen molar-refractivity contribution in [1.82, 2.24) is 9.55 Å². The Bertz CT molecular complexity index is 1290. The maximum atomic E-state index is 12.9. The molecule has 6 heteroatoms. The highest BCUT2D eigenvalue weighted by molar-refractivity contribution is 9.10. The van der Waals surface area contributed by atoms with Crippen LogP contribution in [0.5, 0.6) is 5.75 Å². The summed E-state index contributed by atoms with van der Waals surface area (Å²) < 4.78 is 9.43. The molecule has 0 bridgehead atoms. The normalized spacial score (nSPS) is 16.0. The van der Waals surface area contributed by atoms with Crippen LogP contribution in [0.25, 0.3) is 11.0 Å². The topological polar surface area (TPSA) is 47.4 Å². The molecule has 5 nitrogen and oxygen atoms in total. The molecule has 0 spiro atoms. The molecule has 0 saturated carbocycles. The summed E-state index contributed by atoms with van der Waals surface area (Å²) in [6, 6.07) is 22.2. The van der Waals surface area contributed by atoms with Crippen LogP contribution in [-0.2, 0) is 11.3 Å². The van der Waals surface area contributed by atoms with E-state index in [-0.39, 0.29) is 11.8 Å². The van der Waals surface area contributed by atoms with Gasteiger partial charge in [-0.15, -0.1) is 0 Å². The van der Waals surface area contributed by atoms with Gasteiger partial charge >= 0.3 is 0 Å². The molecule has 1 aromatic heterocycles. The molecule has 1 saturated heterocycles. The number of amides is 1. The number of para-hydroxylation sites is 3. The number of ether oxygens (including phenoxy) is 1. The monoisotopic (exact) mass is 503 g/mol. The molecule has 2 heterocycles. The molecule has 1 atom stereocenters. The van der Waals surface area contributed by atoms with E-state index in [0.717, 1.165) is 43.9 Å². The molecule has 0 aliphatic carbocycles. The zero-order valence-electron chi connectivity index (χ0n) is 18.8. The number of fused-ring (bicyclic) bond motifs is 1. The third kappa shape index (κ3) is 4.27. The van der Waals surface area contributed by atoms with Gasteiger partial charge in [-0.1, -0.05) is 46.3 Å². The van der Waals surface area contributed by atoms with Crippen LogP contribution in [0.3, 0.4) is 0 Å². The van der Waals surface area contributed by atoms with Crippen molar-refractivity contribution >= 4 is 38.6 Å². The van der Waals surface area contributed by atoms with Crippen molar-refractivity contribution in [3.63, 3.8) is 0 Å². The van der Waals surface area contributed by atoms with Crippen molar-refractivity contribution in [1.29, 1.82) is 0 Å². The molecule has 3 aromatic carbocycles. The summed E-state index contributed by atoms with van der Waals surface area (Å²) in [5.74, 6) is 2.07. The molecule has 1 unspecified atom stereocenters. The summed E-state index contributed by atoms with van der Waals surface area (Å²) in [5, 5.41) is 0. The van der Waals surface area contributed by atoms with Crippen molar-refractivity contribution in [3.8, 4) is 5.75 Å². The molecule has 1 fully saturated rings. The van der Waals surface area contributed by atoms with Gasteiger partial charge in [0.1, 0.15) is 18.2 Å². The molecule has 5 rings (SSSR count). The second kappa shape index (κ2) is 9.02. The lowest BCUT2D eigenvalue weighted by atomic mass is 10.1. The van der Waals surface area contributed by atoms with E-state index < -0.39 is 0 Å². The lowest BCUT2D eigenvalue weighted by Crippen LogP contribution is -2.24. The van der Waals surface area contributed by atoms with Crippen LogP contribution in [0.15, 0.2) is 71.2 Å². The van der Waals surface area contributed by atoms with E-state index in [4.69, 9.17) is 9.72 Å². The summed E-state index contributed by atoms with van der Waals surface area (Å²) in [6.07, 6.45) is 0.456. The van der Waals surface area contributed by atoms with Crippen molar-refractivity contribution in [3.05, 3.63) is 88.2 Å². The highest BCUT2D eigenvalue weighted by Gasteiger charge is 2.34. The summed E-state index contributed by atoms with van der Waals surface area (Å²) in [5.41, 5.74) is 5.22. The van der Waals surface area contributed by atoms with E-state index in [0.29, 0.717) is 26.1 Å². The number of benzene rings is 3. The fraction of sp³-hybridized carbons (Fsp3) is 0.259. The first-order valence-corrected chi connectivity index (χ1v) is 12.0. The minimum atomic E-state index is 0.0359. The Morgan fingerprint density at radius 1 is 1.00 bits per heavy atom. The molecule has 168 valence electrons. The number of halogens is 1. The van der Waals surface area contributed by atoms with E-state index >= 15 is 0 Å². The van der Waals surface area contributed by atoms with Crippen LogP contribution < -0.4 is 9.64 Å². The average molecular weight is 504 g/mol. The minimum absolute atomic E-state index is 0.0359. The Hall–Kier alpha value is -3.12. The quantitative estimate of drug-likeness (QED) is 0.323. The van der Waals surface area contributed by atoms with Crippen LogP contribution in [0, 0.1) is 13.8 Å². The first-order chi connectivity index (χ1) is 16.0. The number of anilines is 1. The van der Waals surface area contributed by atoms with Crippen LogP contribution in [0.1, 0.15) is 29.3 Å². The Labute approximate surface area is 202 Å². The number of nitrogens with zero attached hydrogens (tertiary/aromatic N) is 3. The van der Waals surface area contributed by atoms with Crippen molar-refractivity contribution < 1.29 is 9.53 Å². The number of hydrogen-bond donors (Lipinski definition) is 0. The first kappa shape index (κ1) is 21.7. The molecular weight excluding hydrogens is 478 g/mol. The van der Waals surface area contributed by atoms with Gasteiger partial charge in [0, 0.05) is 29.0 Å². The van der Waals surface area contributed by atoms with Crippen molar-refractivity contribution in [2.45, 2.75) is 32.7 Å². The Morgan fingerprint density at radius 3 is 2.48 bits per heavy atom. The van der Waals surface area contributed by atoms with E-state index in [1.807, 2.05) is 53.4 Å². The van der Waals surface area contributed by atoms with Crippen LogP contribution in [0.4, 0.5) is 5.69 Å². The molecular formula is C27H26BrN3O2. The summed E-state index contributed by atoms with van der Waals surface area (Å²) in [4.78, 5) is 19.7. The SMILES string of the molecule is Cc1cccc(C)c1OCCn1c(C2CC(=O)N(c3ccc(Br)cc3)C2)nc2ccccc21. The zero-order valence-corrected chi connectivity index (χ0v) is 20.4. The average Bonchev–Trinajstić information content (AvgIpc) is 3.37. The third-order valence-electron chi connectivity index (χ3n) is 6.28. The molecule has 33 heavy (non-hydrogen) atoms. The van der Waals surface area contributed by atoms with Crippen molar-refractivity contribution in [2.75, 3.05) is 18.1 Å². The highest BCUT2D eigenvalue weighted by Crippen LogP contribution is 2.33. The second-order valence-corrected chi connectivity index (χ2v) is 9.48. The summed E-state index contributed by atoms with van der Waals surface area (Å²) in [7, 11) is 0. The minimum Gasteiger partial charge on any atom is -0.491 e. The molecule has 1 amide bonds. The van der Waals surface area contributed by atoms with Gasteiger partial charge in [0.05, 0.1) is 17.6 Å². The molecule has 0 N–H and O–H groups in total. The fourth-order valence-corrected chi connectivity index (χ4v) is 4.92. The van der Waals surface area contributed by atoms with Gasteiger partial charge in [-0.2, -0.15) is 0 Å². The van der Waals surface area contributed by atoms with Gasteiger partial charge in [0.25, 0.3) is 0 Å². The first-order valence-electron chi connectivity index (χ1n) is 11.2. The van der Waals surface area contributed by atoms with E-state index in [1.165, 1.54) is 0 Å². The van der Waals surface area contributed by atoms with Gasteiger partial charge < -0.3 is 14.2 Å². The van der Waals surface area contributed by atoms with Crippen molar-refractivity contribution in [2.24, 2.45) is 0 Å². The maximum Gasteiger partial charge on any atom is 0.227 e. The number of carbonyl (C=O) groups is 1. The van der Waals surface area contributed by atoms with Crippen LogP contribution >= 0.6 is 15.9 Å². The van der Waals surface area contributed by atoms with Gasteiger partial charge in [-0.25, -0.2) is 4.98 Å². The van der Waals surface area contributed by atoms with Gasteiger partial charge in [-0.3, -0.25) is 4.79 Å². The largest absolute Gasteiger partial charge is 0.491 e. The predicted octanol–water partition coefficient (Wildman–Crippen LogP) is 6.02. The number of aryl methyl sites for hydroxylation is 2. The number of rotatable bonds is 6. The van der Waals surface area contributed by atoms with Crippen LogP contribution in [-0.4, -0.2) is 28.6 Å². The smallest absolute Gasteiger partial charge is 0.227 e. The highest BCUT2D eigenvalue weighted by atomic mass is 79.9. The molecule has 1 aliphatic rings. The number of aromatic nitrogens is 2. The lowest BCUT2D eigenvalue weighted by Gasteiger charge is -2.18. The number of carbonyl (C=O) groups excluding carboxylic acids is 1.